The molecule has 0 bridgehead atoms. The Balaban J connectivity index is 0.000000354. The minimum absolute atomic E-state index is 0.406. The van der Waals surface area contributed by atoms with Crippen molar-refractivity contribution >= 4 is 47.7 Å². The lowest BCUT2D eigenvalue weighted by atomic mass is 10.5. The van der Waals surface area contributed by atoms with E-state index in [9.17, 15) is 0 Å². The summed E-state index contributed by atoms with van der Waals surface area (Å²) in [5, 5.41) is 14.7. The lowest BCUT2D eigenvalue weighted by Crippen LogP contribution is -1.94. The molecule has 0 amide bonds. The van der Waals surface area contributed by atoms with Crippen molar-refractivity contribution in [3.63, 3.8) is 0 Å². The second-order valence-corrected chi connectivity index (χ2v) is 2.94. The topological polar surface area (TPSA) is 92.3 Å². The Morgan fingerprint density at radius 1 is 1.50 bits per heavy atom. The number of nitrogen functional groups attached to an aromatic ring is 1. The number of nitrogens with two attached hydrogens (primary N) is 1. The van der Waals surface area contributed by atoms with Gasteiger partial charge < -0.3 is 15.8 Å². The van der Waals surface area contributed by atoms with Crippen LogP contribution in [0.15, 0.2) is 6.33 Å². The molecule has 66 valence electrons. The molecule has 1 heterocycles. The van der Waals surface area contributed by atoms with Gasteiger partial charge in [-0.15, -0.1) is 0 Å². The second kappa shape index (κ2) is 6.41. The molecule has 0 spiro atoms. The van der Waals surface area contributed by atoms with Crippen LogP contribution in [0.3, 0.4) is 0 Å². The highest BCUT2D eigenvalue weighted by molar-refractivity contribution is 14.1. The summed E-state index contributed by atoms with van der Waals surface area (Å²) in [4.78, 5) is 7.42. The molecular weight excluding hydrogens is 295 g/mol. The van der Waals surface area contributed by atoms with Crippen molar-refractivity contribution in [2.45, 2.75) is 0 Å². The number of halogens is 2. The third-order valence-electron chi connectivity index (χ3n) is 0.774. The van der Waals surface area contributed by atoms with Crippen LogP contribution in [-0.2, 0) is 0 Å². The quantitative estimate of drug-likeness (QED) is 0.343. The molecule has 1 aromatic rings. The van der Waals surface area contributed by atoms with Gasteiger partial charge in [0.2, 0.25) is 0 Å². The predicted molar refractivity (Wildman–Crippen MR) is 55.8 cm³/mol. The Morgan fingerprint density at radius 3 is 2.33 bits per heavy atom. The molecule has 12 heavy (non-hydrogen) atoms. The highest BCUT2D eigenvalue weighted by atomic mass is 127. The first-order valence-corrected chi connectivity index (χ1v) is 4.22. The van der Waals surface area contributed by atoms with Crippen LogP contribution in [0.2, 0.25) is 5.15 Å². The van der Waals surface area contributed by atoms with Crippen LogP contribution in [0.4, 0.5) is 5.82 Å². The summed E-state index contributed by atoms with van der Waals surface area (Å²) >= 11 is 7.56. The smallest absolute Gasteiger partial charge is 0.430 e. The summed E-state index contributed by atoms with van der Waals surface area (Å²) in [7, 11) is -0.750. The molecule has 0 aliphatic heterocycles. The number of aromatic nitrogens is 2. The van der Waals surface area contributed by atoms with Gasteiger partial charge in [0.25, 0.3) is 0 Å². The normalized spacial score (nSPS) is 8.33. The van der Waals surface area contributed by atoms with Crippen LogP contribution < -0.4 is 5.73 Å². The van der Waals surface area contributed by atoms with Crippen LogP contribution in [0.1, 0.15) is 0 Å². The number of anilines is 1. The Bertz CT molecular complexity index is 231. The summed E-state index contributed by atoms with van der Waals surface area (Å²) in [5.41, 5.74) is 5.38. The minimum atomic E-state index is -0.750. The standard InChI is InChI=1S/C4H3ClIN3.BH3O2/c5-3-2(6)4(7)9-1-8-3;2-1-3/h1H,(H2,7,8,9);1-3H. The Morgan fingerprint density at radius 2 is 2.00 bits per heavy atom. The van der Waals surface area contributed by atoms with Gasteiger partial charge in [-0.25, -0.2) is 9.97 Å². The fourth-order valence-electron chi connectivity index (χ4n) is 0.361. The van der Waals surface area contributed by atoms with Crippen molar-refractivity contribution in [3.05, 3.63) is 15.1 Å². The molecule has 5 nitrogen and oxygen atoms in total. The van der Waals surface area contributed by atoms with Gasteiger partial charge in [0, 0.05) is 0 Å². The van der Waals surface area contributed by atoms with Crippen molar-refractivity contribution in [3.8, 4) is 0 Å². The molecule has 0 unspecified atom stereocenters. The summed E-state index contributed by atoms with van der Waals surface area (Å²) < 4.78 is 0.705. The van der Waals surface area contributed by atoms with E-state index in [1.807, 2.05) is 22.6 Å². The average molecular weight is 301 g/mol. The van der Waals surface area contributed by atoms with E-state index in [2.05, 4.69) is 9.97 Å². The maximum Gasteiger partial charge on any atom is 0.432 e. The van der Waals surface area contributed by atoms with Gasteiger partial charge in [-0.05, 0) is 22.6 Å². The van der Waals surface area contributed by atoms with Gasteiger partial charge in [-0.3, -0.25) is 0 Å². The third-order valence-corrected chi connectivity index (χ3v) is 2.44. The molecule has 0 atom stereocenters. The highest BCUT2D eigenvalue weighted by Crippen LogP contribution is 2.18. The fraction of sp³-hybridized carbons (Fsp3) is 0. The average Bonchev–Trinajstić information content (AvgIpc) is 2.02. The molecule has 0 radical (unpaired) electrons. The van der Waals surface area contributed by atoms with Gasteiger partial charge >= 0.3 is 7.69 Å². The molecule has 0 aliphatic carbocycles. The molecule has 1 rings (SSSR count). The Hall–Kier alpha value is -0.115. The molecule has 0 fully saturated rings. The monoisotopic (exact) mass is 301 g/mol. The van der Waals surface area contributed by atoms with E-state index in [0.29, 0.717) is 14.5 Å². The zero-order valence-corrected chi connectivity index (χ0v) is 8.82. The molecule has 8 heteroatoms. The molecular formula is C4H6BClIN3O2. The lowest BCUT2D eigenvalue weighted by Gasteiger charge is -1.94. The molecule has 0 saturated heterocycles. The first kappa shape index (κ1) is 11.9. The molecule has 0 aliphatic rings. The van der Waals surface area contributed by atoms with Gasteiger partial charge in [-0.1, -0.05) is 11.6 Å². The van der Waals surface area contributed by atoms with Crippen molar-refractivity contribution in [2.24, 2.45) is 0 Å². The number of nitrogens with zero attached hydrogens (tertiary/aromatic N) is 2. The lowest BCUT2D eigenvalue weighted by molar-refractivity contribution is 0.448. The van der Waals surface area contributed by atoms with E-state index >= 15 is 0 Å². The number of rotatable bonds is 0. The van der Waals surface area contributed by atoms with Gasteiger partial charge in [0.1, 0.15) is 17.3 Å². The Labute approximate surface area is 88.4 Å². The van der Waals surface area contributed by atoms with Gasteiger partial charge in [-0.2, -0.15) is 0 Å². The Kier molecular flexibility index (Phi) is 6.34. The van der Waals surface area contributed by atoms with Crippen molar-refractivity contribution in [2.75, 3.05) is 5.73 Å². The van der Waals surface area contributed by atoms with Crippen LogP contribution in [0.25, 0.3) is 0 Å². The van der Waals surface area contributed by atoms with Crippen LogP contribution in [-0.4, -0.2) is 27.7 Å². The number of hydrogen-bond acceptors (Lipinski definition) is 5. The fourth-order valence-corrected chi connectivity index (χ4v) is 0.780. The predicted octanol–water partition coefficient (Wildman–Crippen LogP) is -0.446. The molecule has 0 saturated carbocycles. The molecule has 1 aromatic heterocycles. The molecule has 0 aromatic carbocycles. The van der Waals surface area contributed by atoms with Crippen LogP contribution in [0, 0.1) is 3.57 Å². The summed E-state index contributed by atoms with van der Waals surface area (Å²) in [5.74, 6) is 0.426. The SMILES string of the molecule is Nc1ncnc(Cl)c1I.OBO. The zero-order chi connectivity index (χ0) is 9.56. The van der Waals surface area contributed by atoms with Crippen molar-refractivity contribution in [1.29, 1.82) is 0 Å². The van der Waals surface area contributed by atoms with E-state index in [-0.39, 0.29) is 0 Å². The van der Waals surface area contributed by atoms with Crippen molar-refractivity contribution in [1.82, 2.24) is 9.97 Å². The maximum atomic E-state index is 7.12. The van der Waals surface area contributed by atoms with E-state index in [1.54, 1.807) is 0 Å². The van der Waals surface area contributed by atoms with E-state index in [1.165, 1.54) is 6.33 Å². The van der Waals surface area contributed by atoms with Crippen molar-refractivity contribution < 1.29 is 10.0 Å². The van der Waals surface area contributed by atoms with Crippen LogP contribution in [0.5, 0.6) is 0 Å². The van der Waals surface area contributed by atoms with Gasteiger partial charge in [0.05, 0.1) is 3.57 Å². The van der Waals surface area contributed by atoms with E-state index in [4.69, 9.17) is 27.4 Å². The second-order valence-electron chi connectivity index (χ2n) is 1.51. The largest absolute Gasteiger partial charge is 0.432 e. The third kappa shape index (κ3) is 4.05. The zero-order valence-electron chi connectivity index (χ0n) is 5.91. The highest BCUT2D eigenvalue weighted by Gasteiger charge is 2.00. The first-order chi connectivity index (χ1) is 5.63. The summed E-state index contributed by atoms with van der Waals surface area (Å²) in [6, 6.07) is 0. The van der Waals surface area contributed by atoms with Crippen LogP contribution >= 0.6 is 34.2 Å². The molecule has 4 N–H and O–H groups in total. The summed E-state index contributed by atoms with van der Waals surface area (Å²) in [6.07, 6.45) is 1.33. The first-order valence-electron chi connectivity index (χ1n) is 2.76. The van der Waals surface area contributed by atoms with E-state index < -0.39 is 7.69 Å². The van der Waals surface area contributed by atoms with Gasteiger partial charge in [0.15, 0.2) is 0 Å². The number of hydrogen-bond donors (Lipinski definition) is 3. The maximum absolute atomic E-state index is 7.12. The summed E-state index contributed by atoms with van der Waals surface area (Å²) in [6.45, 7) is 0. The minimum Gasteiger partial charge on any atom is -0.430 e. The van der Waals surface area contributed by atoms with E-state index in [0.717, 1.165) is 0 Å².